The van der Waals surface area contributed by atoms with Gasteiger partial charge in [-0.1, -0.05) is 0 Å². The fraction of sp³-hybridized carbons (Fsp3) is 0.625. The molecule has 1 aliphatic heterocycles. The molecule has 3 rings (SSSR count). The quantitative estimate of drug-likeness (QED) is 0.655. The van der Waals surface area contributed by atoms with Gasteiger partial charge in [-0.05, 0) is 50.2 Å². The van der Waals surface area contributed by atoms with E-state index in [9.17, 15) is 0 Å². The SMILES string of the molecule is CN(CC1CCCCO1)c1nc2c(cc1C(=N)N)CCC2. The summed E-state index contributed by atoms with van der Waals surface area (Å²) in [5, 5.41) is 7.83. The van der Waals surface area contributed by atoms with Crippen LogP contribution < -0.4 is 10.6 Å². The van der Waals surface area contributed by atoms with E-state index < -0.39 is 0 Å². The molecular formula is C16H24N4O. The van der Waals surface area contributed by atoms with Crippen LogP contribution in [0.5, 0.6) is 0 Å². The number of nitrogens with zero attached hydrogens (tertiary/aromatic N) is 2. The van der Waals surface area contributed by atoms with Crippen molar-refractivity contribution < 1.29 is 4.74 Å². The van der Waals surface area contributed by atoms with Gasteiger partial charge in [-0.2, -0.15) is 0 Å². The maximum Gasteiger partial charge on any atom is 0.139 e. The zero-order valence-corrected chi connectivity index (χ0v) is 12.7. The van der Waals surface area contributed by atoms with Gasteiger partial charge >= 0.3 is 0 Å². The van der Waals surface area contributed by atoms with E-state index in [0.29, 0.717) is 0 Å². The third-order valence-electron chi connectivity index (χ3n) is 4.43. The van der Waals surface area contributed by atoms with Crippen molar-refractivity contribution in [1.29, 1.82) is 5.41 Å². The first kappa shape index (κ1) is 14.3. The van der Waals surface area contributed by atoms with Crippen LogP contribution in [0.4, 0.5) is 5.82 Å². The summed E-state index contributed by atoms with van der Waals surface area (Å²) in [6.07, 6.45) is 7.00. The summed E-state index contributed by atoms with van der Waals surface area (Å²) in [4.78, 5) is 6.89. The van der Waals surface area contributed by atoms with Crippen LogP contribution in [0, 0.1) is 5.41 Å². The number of nitrogen functional groups attached to an aromatic ring is 1. The number of aryl methyl sites for hydroxylation is 2. The van der Waals surface area contributed by atoms with E-state index in [0.717, 1.165) is 56.6 Å². The molecule has 21 heavy (non-hydrogen) atoms. The van der Waals surface area contributed by atoms with Gasteiger partial charge in [0.1, 0.15) is 11.7 Å². The Morgan fingerprint density at radius 3 is 3.00 bits per heavy atom. The van der Waals surface area contributed by atoms with Gasteiger partial charge in [0.05, 0.1) is 11.7 Å². The van der Waals surface area contributed by atoms with Gasteiger partial charge in [0.25, 0.3) is 0 Å². The molecule has 2 aliphatic rings. The van der Waals surface area contributed by atoms with Gasteiger partial charge in [0, 0.05) is 25.9 Å². The number of nitrogens with one attached hydrogen (secondary N) is 1. The van der Waals surface area contributed by atoms with Crippen LogP contribution in [0.3, 0.4) is 0 Å². The molecule has 3 N–H and O–H groups in total. The molecule has 1 saturated heterocycles. The lowest BCUT2D eigenvalue weighted by molar-refractivity contribution is 0.0215. The van der Waals surface area contributed by atoms with Crippen LogP contribution in [0.15, 0.2) is 6.07 Å². The van der Waals surface area contributed by atoms with E-state index in [4.69, 9.17) is 20.9 Å². The van der Waals surface area contributed by atoms with Gasteiger partial charge in [-0.25, -0.2) is 4.98 Å². The fourth-order valence-electron chi connectivity index (χ4n) is 3.29. The van der Waals surface area contributed by atoms with Crippen LogP contribution in [-0.4, -0.2) is 37.1 Å². The summed E-state index contributed by atoms with van der Waals surface area (Å²) in [6.45, 7) is 1.67. The van der Waals surface area contributed by atoms with E-state index in [1.807, 2.05) is 7.05 Å². The second kappa shape index (κ2) is 6.02. The van der Waals surface area contributed by atoms with E-state index in [1.165, 1.54) is 17.7 Å². The predicted octanol–water partition coefficient (Wildman–Crippen LogP) is 1.86. The van der Waals surface area contributed by atoms with Crippen molar-refractivity contribution in [1.82, 2.24) is 4.98 Å². The van der Waals surface area contributed by atoms with Gasteiger partial charge in [0.2, 0.25) is 0 Å². The first-order chi connectivity index (χ1) is 10.1. The van der Waals surface area contributed by atoms with E-state index in [-0.39, 0.29) is 11.9 Å². The topological polar surface area (TPSA) is 75.2 Å². The second-order valence-corrected chi connectivity index (χ2v) is 6.10. The molecule has 1 atom stereocenters. The van der Waals surface area contributed by atoms with Crippen molar-refractivity contribution in [2.45, 2.75) is 44.6 Å². The molecule has 0 radical (unpaired) electrons. The first-order valence-electron chi connectivity index (χ1n) is 7.85. The number of anilines is 1. The van der Waals surface area contributed by atoms with Crippen molar-refractivity contribution in [2.24, 2.45) is 5.73 Å². The molecule has 1 aromatic heterocycles. The zero-order chi connectivity index (χ0) is 14.8. The van der Waals surface area contributed by atoms with Crippen LogP contribution in [0.1, 0.15) is 42.5 Å². The Balaban J connectivity index is 1.83. The van der Waals surface area contributed by atoms with Gasteiger partial charge in [0.15, 0.2) is 0 Å². The monoisotopic (exact) mass is 288 g/mol. The maximum atomic E-state index is 7.83. The molecule has 0 amide bonds. The number of pyridine rings is 1. The minimum Gasteiger partial charge on any atom is -0.384 e. The Labute approximate surface area is 126 Å². The molecule has 0 bridgehead atoms. The van der Waals surface area contributed by atoms with Gasteiger partial charge < -0.3 is 15.4 Å². The highest BCUT2D eigenvalue weighted by atomic mass is 16.5. The number of likely N-dealkylation sites (N-methyl/N-ethyl adjacent to an activating group) is 1. The van der Waals surface area contributed by atoms with Crippen LogP contribution in [-0.2, 0) is 17.6 Å². The summed E-state index contributed by atoms with van der Waals surface area (Å²) in [5.74, 6) is 0.931. The molecule has 0 aromatic carbocycles. The number of hydrogen-bond donors (Lipinski definition) is 2. The number of rotatable bonds is 4. The largest absolute Gasteiger partial charge is 0.384 e. The summed E-state index contributed by atoms with van der Waals surface area (Å²) in [7, 11) is 2.02. The molecule has 0 spiro atoms. The number of amidine groups is 1. The number of fused-ring (bicyclic) bond motifs is 1. The van der Waals surface area contributed by atoms with Crippen molar-refractivity contribution in [3.8, 4) is 0 Å². The Kier molecular flexibility index (Phi) is 4.10. The predicted molar refractivity (Wildman–Crippen MR) is 84.1 cm³/mol. The lowest BCUT2D eigenvalue weighted by Crippen LogP contribution is -2.35. The Hall–Kier alpha value is -1.62. The van der Waals surface area contributed by atoms with Crippen LogP contribution in [0.25, 0.3) is 0 Å². The summed E-state index contributed by atoms with van der Waals surface area (Å²) >= 11 is 0. The molecule has 114 valence electrons. The highest BCUT2D eigenvalue weighted by Crippen LogP contribution is 2.27. The van der Waals surface area contributed by atoms with E-state index >= 15 is 0 Å². The van der Waals surface area contributed by atoms with Crippen molar-refractivity contribution in [2.75, 3.05) is 25.1 Å². The highest BCUT2D eigenvalue weighted by Gasteiger charge is 2.22. The zero-order valence-electron chi connectivity index (χ0n) is 12.7. The molecule has 1 unspecified atom stereocenters. The van der Waals surface area contributed by atoms with Crippen molar-refractivity contribution in [3.05, 3.63) is 22.9 Å². The Morgan fingerprint density at radius 2 is 2.29 bits per heavy atom. The van der Waals surface area contributed by atoms with Crippen molar-refractivity contribution in [3.63, 3.8) is 0 Å². The van der Waals surface area contributed by atoms with Gasteiger partial charge in [-0.15, -0.1) is 0 Å². The maximum absolute atomic E-state index is 7.83. The normalized spacial score (nSPS) is 21.1. The molecule has 1 aromatic rings. The Bertz CT molecular complexity index is 537. The number of hydrogen-bond acceptors (Lipinski definition) is 4. The lowest BCUT2D eigenvalue weighted by Gasteiger charge is -2.29. The third-order valence-corrected chi connectivity index (χ3v) is 4.43. The number of ether oxygens (including phenoxy) is 1. The molecule has 2 heterocycles. The minimum absolute atomic E-state index is 0.101. The molecule has 1 fully saturated rings. The molecular weight excluding hydrogens is 264 g/mol. The summed E-state index contributed by atoms with van der Waals surface area (Å²) in [5.41, 5.74) is 8.95. The summed E-state index contributed by atoms with van der Waals surface area (Å²) < 4.78 is 5.81. The molecule has 1 aliphatic carbocycles. The standard InChI is InChI=1S/C16H24N4O/c1-20(10-12-6-2-3-8-21-12)16-13(15(17)18)9-11-5-4-7-14(11)19-16/h9,12H,2-8,10H2,1H3,(H3,17,18). The Morgan fingerprint density at radius 1 is 1.43 bits per heavy atom. The van der Waals surface area contributed by atoms with Crippen LogP contribution in [0.2, 0.25) is 0 Å². The number of nitrogens with two attached hydrogens (primary N) is 1. The molecule has 0 saturated carbocycles. The number of aromatic nitrogens is 1. The van der Waals surface area contributed by atoms with Crippen LogP contribution >= 0.6 is 0 Å². The third kappa shape index (κ3) is 3.02. The fourth-order valence-corrected chi connectivity index (χ4v) is 3.29. The van der Waals surface area contributed by atoms with Gasteiger partial charge in [-0.3, -0.25) is 5.41 Å². The van der Waals surface area contributed by atoms with E-state index in [1.54, 1.807) is 0 Å². The average molecular weight is 288 g/mol. The van der Waals surface area contributed by atoms with Crippen molar-refractivity contribution >= 4 is 11.7 Å². The molecule has 5 nitrogen and oxygen atoms in total. The second-order valence-electron chi connectivity index (χ2n) is 6.10. The lowest BCUT2D eigenvalue weighted by atomic mass is 10.1. The summed E-state index contributed by atoms with van der Waals surface area (Å²) in [6, 6.07) is 2.06. The first-order valence-corrected chi connectivity index (χ1v) is 7.85. The van der Waals surface area contributed by atoms with E-state index in [2.05, 4.69) is 11.0 Å². The minimum atomic E-state index is 0.101. The average Bonchev–Trinajstić information content (AvgIpc) is 2.94. The molecule has 5 heteroatoms. The smallest absolute Gasteiger partial charge is 0.139 e. The highest BCUT2D eigenvalue weighted by molar-refractivity contribution is 5.99.